The fourth-order valence-electron chi connectivity index (χ4n) is 4.12. The number of unbranched alkanes of at least 4 members (excludes halogenated alkanes) is 12. The Morgan fingerprint density at radius 2 is 0.732 bits per heavy atom. The van der Waals surface area contributed by atoms with Gasteiger partial charge in [0.25, 0.3) is 0 Å². The van der Waals surface area contributed by atoms with Gasteiger partial charge in [-0.3, -0.25) is 4.79 Å². The lowest BCUT2D eigenvalue weighted by atomic mass is 10.0. The zero-order valence-electron chi connectivity index (χ0n) is 26.8. The Morgan fingerprint density at radius 1 is 0.415 bits per heavy atom. The summed E-state index contributed by atoms with van der Waals surface area (Å²) in [6.45, 7) is 12.6. The summed E-state index contributed by atoms with van der Waals surface area (Å²) >= 11 is 0. The van der Waals surface area contributed by atoms with Crippen LogP contribution in [0.3, 0.4) is 0 Å². The lowest BCUT2D eigenvalue weighted by Gasteiger charge is -2.09. The Balaban J connectivity index is 3.13. The summed E-state index contributed by atoms with van der Waals surface area (Å²) in [7, 11) is 0. The number of carbonyl (C=O) groups excluding carboxylic acids is 1. The highest BCUT2D eigenvalue weighted by Gasteiger charge is 2.01. The topological polar surface area (TPSA) is 93.7 Å². The highest BCUT2D eigenvalue weighted by molar-refractivity contribution is 5.75. The van der Waals surface area contributed by atoms with Gasteiger partial charge < -0.3 is 38.5 Å². The van der Waals surface area contributed by atoms with Crippen LogP contribution in [0.15, 0.2) is 0 Å². The Bertz CT molecular complexity index is 498. The molecule has 0 heterocycles. The van der Waals surface area contributed by atoms with Crippen molar-refractivity contribution in [3.63, 3.8) is 0 Å². The smallest absolute Gasteiger partial charge is 0.220 e. The van der Waals surface area contributed by atoms with Gasteiger partial charge in [-0.1, -0.05) is 84.0 Å². The lowest BCUT2D eigenvalue weighted by molar-refractivity contribution is -0.121. The fraction of sp³-hybridized carbons (Fsp3) is 0.969. The molecule has 1 amide bonds. The van der Waals surface area contributed by atoms with Crippen LogP contribution in [-0.2, 0) is 38.0 Å². The van der Waals surface area contributed by atoms with Crippen molar-refractivity contribution in [3.8, 4) is 0 Å². The standard InChI is InChI=1S/C32H65NO8/c1-3-5-6-7-8-9-10-11-12-13-14-15-16-17-32(34)33-18-19-36-22-23-38-26-27-40-30-31-41-29-28-39-25-24-37-21-20-35-4-2/h3-31H2,1-2H3,(H,33,34). The van der Waals surface area contributed by atoms with Gasteiger partial charge in [0.15, 0.2) is 0 Å². The van der Waals surface area contributed by atoms with Gasteiger partial charge in [0.2, 0.25) is 5.91 Å². The molecule has 0 fully saturated rings. The zero-order valence-corrected chi connectivity index (χ0v) is 26.8. The van der Waals surface area contributed by atoms with E-state index in [0.717, 1.165) is 12.8 Å². The van der Waals surface area contributed by atoms with Gasteiger partial charge >= 0.3 is 0 Å². The molecular weight excluding hydrogens is 526 g/mol. The van der Waals surface area contributed by atoms with Crippen molar-refractivity contribution in [1.82, 2.24) is 5.32 Å². The van der Waals surface area contributed by atoms with E-state index in [-0.39, 0.29) is 5.91 Å². The van der Waals surface area contributed by atoms with Crippen LogP contribution in [-0.4, -0.2) is 105 Å². The summed E-state index contributed by atoms with van der Waals surface area (Å²) in [4.78, 5) is 11.9. The average molecular weight is 592 g/mol. The van der Waals surface area contributed by atoms with Crippen LogP contribution in [0.25, 0.3) is 0 Å². The molecule has 41 heavy (non-hydrogen) atoms. The molecule has 9 nitrogen and oxygen atoms in total. The number of carbonyl (C=O) groups is 1. The molecule has 0 saturated carbocycles. The van der Waals surface area contributed by atoms with Gasteiger partial charge in [0.05, 0.1) is 85.9 Å². The van der Waals surface area contributed by atoms with E-state index >= 15 is 0 Å². The van der Waals surface area contributed by atoms with E-state index in [1.54, 1.807) is 0 Å². The first-order valence-corrected chi connectivity index (χ1v) is 16.6. The van der Waals surface area contributed by atoms with E-state index in [9.17, 15) is 4.79 Å². The van der Waals surface area contributed by atoms with E-state index in [0.29, 0.717) is 105 Å². The van der Waals surface area contributed by atoms with Crippen LogP contribution in [0.1, 0.15) is 104 Å². The maximum Gasteiger partial charge on any atom is 0.220 e. The summed E-state index contributed by atoms with van der Waals surface area (Å²) in [6, 6.07) is 0. The van der Waals surface area contributed by atoms with Crippen LogP contribution in [0.4, 0.5) is 0 Å². The number of ether oxygens (including phenoxy) is 7. The molecule has 0 radical (unpaired) electrons. The van der Waals surface area contributed by atoms with Crippen LogP contribution < -0.4 is 5.32 Å². The lowest BCUT2D eigenvalue weighted by Crippen LogP contribution is -2.27. The minimum atomic E-state index is 0.125. The summed E-state index contributed by atoms with van der Waals surface area (Å²) < 4.78 is 37.9. The first-order chi connectivity index (χ1) is 20.3. The number of amides is 1. The molecular formula is C32H65NO8. The number of nitrogens with one attached hydrogen (secondary N) is 1. The third-order valence-electron chi connectivity index (χ3n) is 6.51. The molecule has 0 unspecified atom stereocenters. The molecule has 0 aromatic heterocycles. The van der Waals surface area contributed by atoms with Gasteiger partial charge in [0.1, 0.15) is 0 Å². The highest BCUT2D eigenvalue weighted by atomic mass is 16.6. The minimum absolute atomic E-state index is 0.125. The van der Waals surface area contributed by atoms with Gasteiger partial charge in [-0.2, -0.15) is 0 Å². The van der Waals surface area contributed by atoms with Crippen LogP contribution in [0, 0.1) is 0 Å². The van der Waals surface area contributed by atoms with Gasteiger partial charge in [0, 0.05) is 19.6 Å². The van der Waals surface area contributed by atoms with Crippen molar-refractivity contribution in [3.05, 3.63) is 0 Å². The molecule has 0 aromatic rings. The molecule has 0 aliphatic carbocycles. The second-order valence-electron chi connectivity index (χ2n) is 10.2. The van der Waals surface area contributed by atoms with E-state index in [1.807, 2.05) is 6.92 Å². The Labute approximate surface area is 252 Å². The van der Waals surface area contributed by atoms with E-state index < -0.39 is 0 Å². The Hall–Kier alpha value is -0.810. The third kappa shape index (κ3) is 37.2. The number of rotatable bonds is 36. The van der Waals surface area contributed by atoms with Crippen molar-refractivity contribution in [1.29, 1.82) is 0 Å². The normalized spacial score (nSPS) is 11.4. The quantitative estimate of drug-likeness (QED) is 0.0925. The number of hydrogen-bond donors (Lipinski definition) is 1. The average Bonchev–Trinajstić information content (AvgIpc) is 2.98. The molecule has 0 rings (SSSR count). The molecule has 0 aliphatic rings. The molecule has 0 spiro atoms. The molecule has 9 heteroatoms. The largest absolute Gasteiger partial charge is 0.379 e. The van der Waals surface area contributed by atoms with Crippen molar-refractivity contribution in [2.75, 3.05) is 99.0 Å². The molecule has 1 N–H and O–H groups in total. The predicted molar refractivity (Wildman–Crippen MR) is 165 cm³/mol. The Morgan fingerprint density at radius 3 is 1.10 bits per heavy atom. The van der Waals surface area contributed by atoms with Crippen molar-refractivity contribution in [2.24, 2.45) is 0 Å². The van der Waals surface area contributed by atoms with E-state index in [2.05, 4.69) is 12.2 Å². The second kappa shape index (κ2) is 37.2. The maximum atomic E-state index is 11.9. The monoisotopic (exact) mass is 591 g/mol. The van der Waals surface area contributed by atoms with Crippen LogP contribution in [0.5, 0.6) is 0 Å². The first-order valence-electron chi connectivity index (χ1n) is 16.6. The van der Waals surface area contributed by atoms with Crippen LogP contribution in [0.2, 0.25) is 0 Å². The van der Waals surface area contributed by atoms with Crippen molar-refractivity contribution >= 4 is 5.91 Å². The van der Waals surface area contributed by atoms with Crippen molar-refractivity contribution < 1.29 is 38.0 Å². The van der Waals surface area contributed by atoms with Gasteiger partial charge in [-0.05, 0) is 13.3 Å². The minimum Gasteiger partial charge on any atom is -0.379 e. The maximum absolute atomic E-state index is 11.9. The molecule has 0 bridgehead atoms. The van der Waals surface area contributed by atoms with Gasteiger partial charge in [-0.15, -0.1) is 0 Å². The van der Waals surface area contributed by atoms with E-state index in [4.69, 9.17) is 33.2 Å². The van der Waals surface area contributed by atoms with Gasteiger partial charge in [-0.25, -0.2) is 0 Å². The van der Waals surface area contributed by atoms with Crippen molar-refractivity contribution in [2.45, 2.75) is 104 Å². The SMILES string of the molecule is CCCCCCCCCCCCCCCC(=O)NCCOCCOCCOCCOCCOCCOCCOCC. The molecule has 0 atom stereocenters. The molecule has 246 valence electrons. The summed E-state index contributed by atoms with van der Waals surface area (Å²) in [5, 5.41) is 2.93. The first kappa shape index (κ1) is 40.2. The van der Waals surface area contributed by atoms with Crippen LogP contribution >= 0.6 is 0 Å². The predicted octanol–water partition coefficient (Wildman–Crippen LogP) is 5.72. The summed E-state index contributed by atoms with van der Waals surface area (Å²) in [6.07, 6.45) is 17.7. The highest BCUT2D eigenvalue weighted by Crippen LogP contribution is 2.12. The molecule has 0 aromatic carbocycles. The summed E-state index contributed by atoms with van der Waals surface area (Å²) in [5.74, 6) is 0.125. The fourth-order valence-corrected chi connectivity index (χ4v) is 4.12. The summed E-state index contributed by atoms with van der Waals surface area (Å²) in [5.41, 5.74) is 0. The molecule has 0 aliphatic heterocycles. The zero-order chi connectivity index (χ0) is 29.7. The third-order valence-corrected chi connectivity index (χ3v) is 6.51. The molecule has 0 saturated heterocycles. The second-order valence-corrected chi connectivity index (χ2v) is 10.2. The number of hydrogen-bond acceptors (Lipinski definition) is 8. The Kier molecular flexibility index (Phi) is 36.5. The van der Waals surface area contributed by atoms with E-state index in [1.165, 1.54) is 70.6 Å².